The van der Waals surface area contributed by atoms with Gasteiger partial charge in [0.05, 0.1) is 0 Å². The van der Waals surface area contributed by atoms with Crippen LogP contribution >= 0.6 is 0 Å². The molecule has 0 aliphatic heterocycles. The number of rotatable bonds is 0. The number of carbonyl (C=O) groups excluding carboxylic acids is 1. The van der Waals surface area contributed by atoms with Crippen LogP contribution in [0.4, 0.5) is 0 Å². The zero-order chi connectivity index (χ0) is 11.5. The smallest absolute Gasteiger partial charge is 0.385 e. The predicted octanol–water partition coefficient (Wildman–Crippen LogP) is 1.11. The van der Waals surface area contributed by atoms with Crippen LogP contribution in [0.3, 0.4) is 0 Å². The minimum absolute atomic E-state index is 0.504. The molecule has 0 saturated carbocycles. The Hall–Kier alpha value is -1.76. The largest absolute Gasteiger partial charge is 0.450 e. The molecule has 1 rings (SSSR count). The van der Waals surface area contributed by atoms with Gasteiger partial charge in [0.25, 0.3) is 0 Å². The second-order valence-corrected chi connectivity index (χ2v) is 4.13. The number of ether oxygens (including phenoxy) is 1. The Morgan fingerprint density at radius 1 is 1.53 bits per heavy atom. The van der Waals surface area contributed by atoms with Crippen LogP contribution in [0.25, 0.3) is 0 Å². The normalized spacial score (nSPS) is 10.4. The Morgan fingerprint density at radius 2 is 2.20 bits per heavy atom. The molecule has 0 spiro atoms. The maximum absolute atomic E-state index is 11.2. The summed E-state index contributed by atoms with van der Waals surface area (Å²) in [5, 5.41) is 4.01. The molecule has 80 valence electrons. The van der Waals surface area contributed by atoms with Crippen LogP contribution in [0.2, 0.25) is 0 Å². The number of esters is 1. The van der Waals surface area contributed by atoms with Gasteiger partial charge in [-0.15, -0.1) is 0 Å². The van der Waals surface area contributed by atoms with Crippen LogP contribution in [0.5, 0.6) is 0 Å². The van der Waals surface area contributed by atoms with Crippen LogP contribution in [0.15, 0.2) is 12.3 Å². The molecule has 4 nitrogen and oxygen atoms in total. The van der Waals surface area contributed by atoms with E-state index < -0.39 is 11.6 Å². The average Bonchev–Trinajstić information content (AvgIpc) is 2.45. The van der Waals surface area contributed by atoms with Crippen molar-refractivity contribution in [2.24, 2.45) is 7.05 Å². The molecule has 0 unspecified atom stereocenters. The Labute approximate surface area is 89.2 Å². The van der Waals surface area contributed by atoms with E-state index in [9.17, 15) is 4.79 Å². The van der Waals surface area contributed by atoms with E-state index in [0.717, 1.165) is 0 Å². The molecule has 0 saturated heterocycles. The number of aromatic nitrogens is 2. The lowest BCUT2D eigenvalue weighted by molar-refractivity contribution is -0.147. The third kappa shape index (κ3) is 4.32. The lowest BCUT2D eigenvalue weighted by atomic mass is 10.2. The van der Waals surface area contributed by atoms with E-state index in [4.69, 9.17) is 4.74 Å². The third-order valence-corrected chi connectivity index (χ3v) is 1.41. The first-order chi connectivity index (χ1) is 6.87. The second-order valence-electron chi connectivity index (χ2n) is 4.13. The maximum Gasteiger partial charge on any atom is 0.385 e. The molecule has 15 heavy (non-hydrogen) atoms. The molecular formula is C11H14N2O2. The Bertz CT molecular complexity index is 416. The third-order valence-electron chi connectivity index (χ3n) is 1.41. The zero-order valence-corrected chi connectivity index (χ0v) is 9.37. The predicted molar refractivity (Wildman–Crippen MR) is 55.9 cm³/mol. The summed E-state index contributed by atoms with van der Waals surface area (Å²) < 4.78 is 6.64. The highest BCUT2D eigenvalue weighted by Gasteiger charge is 2.14. The van der Waals surface area contributed by atoms with Crippen molar-refractivity contribution in [1.82, 2.24) is 9.78 Å². The van der Waals surface area contributed by atoms with Gasteiger partial charge in [-0.1, -0.05) is 0 Å². The van der Waals surface area contributed by atoms with Gasteiger partial charge in [0.15, 0.2) is 0 Å². The quantitative estimate of drug-likeness (QED) is 0.472. The monoisotopic (exact) mass is 206 g/mol. The second kappa shape index (κ2) is 4.18. The van der Waals surface area contributed by atoms with Gasteiger partial charge >= 0.3 is 5.97 Å². The fourth-order valence-corrected chi connectivity index (χ4v) is 0.900. The van der Waals surface area contributed by atoms with Crippen LogP contribution < -0.4 is 0 Å². The van der Waals surface area contributed by atoms with Crippen molar-refractivity contribution < 1.29 is 9.53 Å². The molecular weight excluding hydrogens is 192 g/mol. The van der Waals surface area contributed by atoms with Gasteiger partial charge in [-0.3, -0.25) is 4.68 Å². The first kappa shape index (κ1) is 11.3. The molecule has 1 aromatic heterocycles. The van der Waals surface area contributed by atoms with Crippen molar-refractivity contribution in [3.8, 4) is 11.8 Å². The highest BCUT2D eigenvalue weighted by molar-refractivity contribution is 5.89. The molecule has 0 aromatic carbocycles. The lowest BCUT2D eigenvalue weighted by Crippen LogP contribution is -2.22. The first-order valence-electron chi connectivity index (χ1n) is 4.61. The summed E-state index contributed by atoms with van der Waals surface area (Å²) in [5.41, 5.74) is 0.0546. The number of hydrogen-bond donors (Lipinski definition) is 0. The molecule has 4 heteroatoms. The number of hydrogen-bond acceptors (Lipinski definition) is 3. The van der Waals surface area contributed by atoms with Gasteiger partial charge in [-0.2, -0.15) is 5.10 Å². The topological polar surface area (TPSA) is 44.1 Å². The summed E-state index contributed by atoms with van der Waals surface area (Å²) in [6, 6.07) is 1.73. The number of nitrogens with zero attached hydrogens (tertiary/aromatic N) is 2. The molecule has 0 fully saturated rings. The summed E-state index contributed by atoms with van der Waals surface area (Å²) >= 11 is 0. The van der Waals surface area contributed by atoms with E-state index in [1.54, 1.807) is 44.8 Å². The van der Waals surface area contributed by atoms with Gasteiger partial charge in [0.1, 0.15) is 11.3 Å². The van der Waals surface area contributed by atoms with Gasteiger partial charge in [0.2, 0.25) is 0 Å². The van der Waals surface area contributed by atoms with E-state index in [1.807, 2.05) is 0 Å². The Morgan fingerprint density at radius 3 is 2.67 bits per heavy atom. The summed E-state index contributed by atoms with van der Waals surface area (Å²) in [6.07, 6.45) is 1.76. The van der Waals surface area contributed by atoms with E-state index in [-0.39, 0.29) is 0 Å². The molecule has 1 aromatic rings. The Kier molecular flexibility index (Phi) is 3.15. The molecule has 0 aliphatic rings. The van der Waals surface area contributed by atoms with Gasteiger partial charge in [-0.05, 0) is 32.8 Å². The Balaban J connectivity index is 2.63. The fraction of sp³-hybridized carbons (Fsp3) is 0.455. The SMILES string of the molecule is Cn1ccc(C#CC(=O)OC(C)(C)C)n1. The summed E-state index contributed by atoms with van der Waals surface area (Å²) in [5.74, 6) is 4.48. The minimum atomic E-state index is -0.534. The standard InChI is InChI=1S/C11H14N2O2/c1-11(2,3)15-10(14)6-5-9-7-8-13(4)12-9/h7-8H,1-4H3. The zero-order valence-electron chi connectivity index (χ0n) is 9.37. The van der Waals surface area contributed by atoms with Gasteiger partial charge in [-0.25, -0.2) is 4.79 Å². The fourth-order valence-electron chi connectivity index (χ4n) is 0.900. The number of aryl methyl sites for hydroxylation is 1. The van der Waals surface area contributed by atoms with Crippen LogP contribution in [0, 0.1) is 11.8 Å². The van der Waals surface area contributed by atoms with Gasteiger partial charge < -0.3 is 4.74 Å². The van der Waals surface area contributed by atoms with E-state index in [0.29, 0.717) is 5.69 Å². The first-order valence-corrected chi connectivity index (χ1v) is 4.61. The van der Waals surface area contributed by atoms with E-state index in [1.165, 1.54) is 0 Å². The van der Waals surface area contributed by atoms with Crippen molar-refractivity contribution >= 4 is 5.97 Å². The van der Waals surface area contributed by atoms with Gasteiger partial charge in [0, 0.05) is 19.2 Å². The van der Waals surface area contributed by atoms with Crippen LogP contribution in [0.1, 0.15) is 26.5 Å². The van der Waals surface area contributed by atoms with Crippen molar-refractivity contribution in [3.63, 3.8) is 0 Å². The molecule has 0 radical (unpaired) electrons. The van der Waals surface area contributed by atoms with Crippen LogP contribution in [-0.4, -0.2) is 21.4 Å². The molecule has 0 bridgehead atoms. The minimum Gasteiger partial charge on any atom is -0.450 e. The number of carbonyl (C=O) groups is 1. The summed E-state index contributed by atoms with van der Waals surface area (Å²) in [6.45, 7) is 5.40. The van der Waals surface area contributed by atoms with Crippen molar-refractivity contribution in [1.29, 1.82) is 0 Å². The highest BCUT2D eigenvalue weighted by atomic mass is 16.6. The lowest BCUT2D eigenvalue weighted by Gasteiger charge is -2.16. The van der Waals surface area contributed by atoms with Crippen LogP contribution in [-0.2, 0) is 16.6 Å². The highest BCUT2D eigenvalue weighted by Crippen LogP contribution is 2.06. The van der Waals surface area contributed by atoms with Crippen molar-refractivity contribution in [2.75, 3.05) is 0 Å². The summed E-state index contributed by atoms with van der Waals surface area (Å²) in [7, 11) is 1.79. The molecule has 0 N–H and O–H groups in total. The molecule has 0 amide bonds. The van der Waals surface area contributed by atoms with E-state index in [2.05, 4.69) is 16.9 Å². The van der Waals surface area contributed by atoms with Crippen molar-refractivity contribution in [3.05, 3.63) is 18.0 Å². The maximum atomic E-state index is 11.2. The van der Waals surface area contributed by atoms with E-state index >= 15 is 0 Å². The van der Waals surface area contributed by atoms with Crippen molar-refractivity contribution in [2.45, 2.75) is 26.4 Å². The average molecular weight is 206 g/mol. The molecule has 1 heterocycles. The summed E-state index contributed by atoms with van der Waals surface area (Å²) in [4.78, 5) is 11.2. The molecule has 0 aliphatic carbocycles. The molecule has 0 atom stereocenters.